The average molecular weight is 395 g/mol. The third-order valence-corrected chi connectivity index (χ3v) is 5.47. The van der Waals surface area contributed by atoms with Gasteiger partial charge in [0.1, 0.15) is 0 Å². The predicted octanol–water partition coefficient (Wildman–Crippen LogP) is 4.31. The molecule has 0 aliphatic heterocycles. The van der Waals surface area contributed by atoms with Crippen molar-refractivity contribution in [3.8, 4) is 0 Å². The number of halogens is 3. The Bertz CT molecular complexity index is 743. The minimum absolute atomic E-state index is 0.130. The maximum absolute atomic E-state index is 12.3. The third kappa shape index (κ3) is 3.67. The number of rotatable bonds is 3. The van der Waals surface area contributed by atoms with Crippen molar-refractivity contribution >= 4 is 54.7 Å². The smallest absolute Gasteiger partial charge is 0.182 e. The molecule has 0 amide bonds. The molecule has 0 saturated heterocycles. The highest BCUT2D eigenvalue weighted by Crippen LogP contribution is 2.27. The topological polar surface area (TPSA) is 60.2 Å². The van der Waals surface area contributed by atoms with E-state index < -0.39 is 9.84 Å². The standard InChI is InChI=1S/C13H10BrCl2NO2S/c14-9-3-8(4-10(17)5-9)7-20(18,19)11-1-2-12(15)13(16)6-11/h1-6H,7,17H2. The maximum atomic E-state index is 12.3. The van der Waals surface area contributed by atoms with Crippen molar-refractivity contribution in [1.82, 2.24) is 0 Å². The van der Waals surface area contributed by atoms with Crippen LogP contribution >= 0.6 is 39.1 Å². The lowest BCUT2D eigenvalue weighted by Gasteiger charge is -2.07. The van der Waals surface area contributed by atoms with E-state index in [1.165, 1.54) is 18.2 Å². The second-order valence-corrected chi connectivity index (χ2v) is 7.95. The predicted molar refractivity (Wildman–Crippen MR) is 85.9 cm³/mol. The normalized spacial score (nSPS) is 11.6. The van der Waals surface area contributed by atoms with Crippen molar-refractivity contribution in [3.05, 3.63) is 56.5 Å². The largest absolute Gasteiger partial charge is 0.399 e. The Morgan fingerprint density at radius 2 is 1.75 bits per heavy atom. The van der Waals surface area contributed by atoms with Crippen LogP contribution in [0.2, 0.25) is 10.0 Å². The van der Waals surface area contributed by atoms with Crippen molar-refractivity contribution in [2.45, 2.75) is 10.6 Å². The van der Waals surface area contributed by atoms with Gasteiger partial charge in [0.05, 0.1) is 20.7 Å². The molecule has 2 rings (SSSR count). The number of anilines is 1. The molecule has 3 nitrogen and oxygen atoms in total. The number of hydrogen-bond donors (Lipinski definition) is 1. The van der Waals surface area contributed by atoms with E-state index in [4.69, 9.17) is 28.9 Å². The van der Waals surface area contributed by atoms with Gasteiger partial charge in [-0.25, -0.2) is 8.42 Å². The van der Waals surface area contributed by atoms with Gasteiger partial charge in [0.15, 0.2) is 9.84 Å². The third-order valence-electron chi connectivity index (χ3n) is 2.59. The van der Waals surface area contributed by atoms with Gasteiger partial charge >= 0.3 is 0 Å². The molecule has 0 radical (unpaired) electrons. The van der Waals surface area contributed by atoms with E-state index in [9.17, 15) is 8.42 Å². The molecule has 0 unspecified atom stereocenters. The molecule has 0 spiro atoms. The number of nitrogens with two attached hydrogens (primary N) is 1. The highest BCUT2D eigenvalue weighted by molar-refractivity contribution is 9.10. The van der Waals surface area contributed by atoms with Gasteiger partial charge < -0.3 is 5.73 Å². The Morgan fingerprint density at radius 1 is 1.05 bits per heavy atom. The van der Waals surface area contributed by atoms with E-state index in [-0.39, 0.29) is 15.7 Å². The van der Waals surface area contributed by atoms with Gasteiger partial charge in [-0.15, -0.1) is 0 Å². The molecule has 106 valence electrons. The Hall–Kier alpha value is -0.750. The van der Waals surface area contributed by atoms with Crippen LogP contribution in [0.15, 0.2) is 45.8 Å². The molecule has 0 aromatic heterocycles. The van der Waals surface area contributed by atoms with Crippen LogP contribution in [0.25, 0.3) is 0 Å². The van der Waals surface area contributed by atoms with Crippen molar-refractivity contribution in [2.24, 2.45) is 0 Å². The SMILES string of the molecule is Nc1cc(Br)cc(CS(=O)(=O)c2ccc(Cl)c(Cl)c2)c1. The Morgan fingerprint density at radius 3 is 2.35 bits per heavy atom. The molecule has 0 atom stereocenters. The van der Waals surface area contributed by atoms with Gasteiger partial charge in [-0.05, 0) is 42.0 Å². The lowest BCUT2D eigenvalue weighted by Crippen LogP contribution is -2.05. The van der Waals surface area contributed by atoms with Gasteiger partial charge in [0.2, 0.25) is 0 Å². The summed E-state index contributed by atoms with van der Waals surface area (Å²) in [6.45, 7) is 0. The Labute approximate surface area is 135 Å². The second-order valence-electron chi connectivity index (χ2n) is 4.23. The van der Waals surface area contributed by atoms with E-state index in [2.05, 4.69) is 15.9 Å². The molecule has 20 heavy (non-hydrogen) atoms. The highest BCUT2D eigenvalue weighted by atomic mass is 79.9. The Kier molecular flexibility index (Phi) is 4.64. The lowest BCUT2D eigenvalue weighted by atomic mass is 10.2. The van der Waals surface area contributed by atoms with Gasteiger partial charge in [-0.2, -0.15) is 0 Å². The fourth-order valence-corrected chi connectivity index (χ4v) is 4.00. The van der Waals surface area contributed by atoms with Crippen molar-refractivity contribution in [2.75, 3.05) is 5.73 Å². The van der Waals surface area contributed by atoms with Gasteiger partial charge in [0.25, 0.3) is 0 Å². The first kappa shape index (κ1) is 15.6. The first-order valence-corrected chi connectivity index (χ1v) is 8.71. The number of sulfone groups is 1. The second kappa shape index (κ2) is 5.93. The summed E-state index contributed by atoms with van der Waals surface area (Å²) < 4.78 is 25.4. The average Bonchev–Trinajstić information content (AvgIpc) is 2.30. The molecule has 0 fully saturated rings. The quantitative estimate of drug-likeness (QED) is 0.789. The number of nitrogen functional groups attached to an aromatic ring is 1. The minimum Gasteiger partial charge on any atom is -0.399 e. The molecule has 0 saturated carbocycles. The molecule has 2 aromatic rings. The zero-order valence-electron chi connectivity index (χ0n) is 10.1. The lowest BCUT2D eigenvalue weighted by molar-refractivity contribution is 0.595. The van der Waals surface area contributed by atoms with Crippen molar-refractivity contribution in [1.29, 1.82) is 0 Å². The summed E-state index contributed by atoms with van der Waals surface area (Å²) in [4.78, 5) is 0.130. The summed E-state index contributed by atoms with van der Waals surface area (Å²) in [5.41, 5.74) is 6.80. The summed E-state index contributed by atoms with van der Waals surface area (Å²) in [5.74, 6) is -0.158. The Balaban J connectivity index is 2.37. The van der Waals surface area contributed by atoms with Crippen LogP contribution in [-0.2, 0) is 15.6 Å². The van der Waals surface area contributed by atoms with Gasteiger partial charge in [-0.3, -0.25) is 0 Å². The van der Waals surface area contributed by atoms with Crippen LogP contribution < -0.4 is 5.73 Å². The van der Waals surface area contributed by atoms with Crippen LogP contribution in [0.4, 0.5) is 5.69 Å². The van der Waals surface area contributed by atoms with Crippen LogP contribution in [0.5, 0.6) is 0 Å². The zero-order chi connectivity index (χ0) is 14.9. The summed E-state index contributed by atoms with van der Waals surface area (Å²) >= 11 is 14.9. The molecular formula is C13H10BrCl2NO2S. The minimum atomic E-state index is -3.51. The fraction of sp³-hybridized carbons (Fsp3) is 0.0769. The first-order chi connectivity index (χ1) is 9.28. The number of benzene rings is 2. The zero-order valence-corrected chi connectivity index (χ0v) is 14.0. The number of hydrogen-bond acceptors (Lipinski definition) is 3. The molecule has 2 N–H and O–H groups in total. The van der Waals surface area contributed by atoms with E-state index in [0.29, 0.717) is 16.3 Å². The van der Waals surface area contributed by atoms with Crippen molar-refractivity contribution < 1.29 is 8.42 Å². The van der Waals surface area contributed by atoms with Crippen LogP contribution in [0.1, 0.15) is 5.56 Å². The van der Waals surface area contributed by atoms with Crippen molar-refractivity contribution in [3.63, 3.8) is 0 Å². The molecule has 0 bridgehead atoms. The molecule has 0 aliphatic carbocycles. The van der Waals surface area contributed by atoms with Gasteiger partial charge in [0, 0.05) is 10.2 Å². The highest BCUT2D eigenvalue weighted by Gasteiger charge is 2.17. The summed E-state index contributed by atoms with van der Waals surface area (Å²) in [7, 11) is -3.51. The summed E-state index contributed by atoms with van der Waals surface area (Å²) in [5, 5.41) is 0.527. The molecular weight excluding hydrogens is 385 g/mol. The molecule has 7 heteroatoms. The van der Waals surface area contributed by atoms with Crippen LogP contribution in [0.3, 0.4) is 0 Å². The van der Waals surface area contributed by atoms with Crippen LogP contribution in [0, 0.1) is 0 Å². The molecule has 0 aliphatic rings. The monoisotopic (exact) mass is 393 g/mol. The van der Waals surface area contributed by atoms with Gasteiger partial charge in [-0.1, -0.05) is 39.1 Å². The van der Waals surface area contributed by atoms with Crippen LogP contribution in [-0.4, -0.2) is 8.42 Å². The molecule has 2 aromatic carbocycles. The molecule has 0 heterocycles. The van der Waals surface area contributed by atoms with E-state index in [0.717, 1.165) is 4.47 Å². The summed E-state index contributed by atoms with van der Waals surface area (Å²) in [6, 6.07) is 9.29. The maximum Gasteiger partial charge on any atom is 0.182 e. The first-order valence-electron chi connectivity index (χ1n) is 5.51. The van der Waals surface area contributed by atoms with E-state index in [1.807, 2.05) is 0 Å². The summed E-state index contributed by atoms with van der Waals surface area (Å²) in [6.07, 6.45) is 0. The van der Waals surface area contributed by atoms with E-state index in [1.54, 1.807) is 18.2 Å². The van der Waals surface area contributed by atoms with E-state index >= 15 is 0 Å². The fourth-order valence-electron chi connectivity index (χ4n) is 1.73.